The van der Waals surface area contributed by atoms with Crippen LogP contribution in [-0.4, -0.2) is 18.9 Å². The van der Waals surface area contributed by atoms with E-state index in [0.717, 1.165) is 3.57 Å². The van der Waals surface area contributed by atoms with Gasteiger partial charge in [-0.05, 0) is 46.9 Å². The van der Waals surface area contributed by atoms with E-state index in [0.29, 0.717) is 11.3 Å². The summed E-state index contributed by atoms with van der Waals surface area (Å²) in [5.41, 5.74) is 1.31. The molecule has 0 aliphatic carbocycles. The van der Waals surface area contributed by atoms with E-state index in [9.17, 15) is 9.59 Å². The van der Waals surface area contributed by atoms with E-state index in [4.69, 9.17) is 4.74 Å². The number of hydrogen-bond acceptors (Lipinski definition) is 4. The number of allylic oxidation sites excluding steroid dienone is 1. The van der Waals surface area contributed by atoms with Crippen LogP contribution < -0.4 is 5.32 Å². The van der Waals surface area contributed by atoms with Crippen molar-refractivity contribution < 1.29 is 14.3 Å². The van der Waals surface area contributed by atoms with Gasteiger partial charge in [0.2, 0.25) is 0 Å². The van der Waals surface area contributed by atoms with Crippen molar-refractivity contribution in [3.05, 3.63) is 75.5 Å². The van der Waals surface area contributed by atoms with Crippen molar-refractivity contribution in [3.63, 3.8) is 0 Å². The zero-order valence-electron chi connectivity index (χ0n) is 11.9. The minimum absolute atomic E-state index is 0.0950. The third-order valence-electron chi connectivity index (χ3n) is 2.86. The van der Waals surface area contributed by atoms with Gasteiger partial charge < -0.3 is 10.1 Å². The van der Waals surface area contributed by atoms with Crippen molar-refractivity contribution in [2.75, 3.05) is 12.4 Å². The number of anilines is 1. The number of esters is 1. The van der Waals surface area contributed by atoms with Gasteiger partial charge in [0.05, 0.1) is 7.11 Å². The topological polar surface area (TPSA) is 55.4 Å². The Kier molecular flexibility index (Phi) is 5.71. The van der Waals surface area contributed by atoms with Crippen molar-refractivity contribution in [2.45, 2.75) is 0 Å². The highest BCUT2D eigenvalue weighted by atomic mass is 127. The Balaban J connectivity index is 2.26. The van der Waals surface area contributed by atoms with Gasteiger partial charge in [-0.2, -0.15) is 0 Å². The van der Waals surface area contributed by atoms with Crippen molar-refractivity contribution in [2.24, 2.45) is 0 Å². The van der Waals surface area contributed by atoms with E-state index in [2.05, 4.69) is 27.9 Å². The molecule has 2 rings (SSSR count). The summed E-state index contributed by atoms with van der Waals surface area (Å²) in [6.07, 6.45) is 1.25. The zero-order valence-corrected chi connectivity index (χ0v) is 14.0. The quantitative estimate of drug-likeness (QED) is 0.356. The fourth-order valence-electron chi connectivity index (χ4n) is 1.76. The molecule has 0 aliphatic heterocycles. The van der Waals surface area contributed by atoms with Gasteiger partial charge in [-0.25, -0.2) is 4.79 Å². The van der Waals surface area contributed by atoms with Crippen LogP contribution in [0.15, 0.2) is 66.4 Å². The molecule has 0 saturated heterocycles. The highest BCUT2D eigenvalue weighted by Crippen LogP contribution is 2.14. The highest BCUT2D eigenvalue weighted by Gasteiger charge is 2.13. The summed E-state index contributed by atoms with van der Waals surface area (Å²) in [4.78, 5) is 24.0. The molecule has 0 aliphatic rings. The number of hydrogen-bond donors (Lipinski definition) is 1. The molecule has 0 spiro atoms. The van der Waals surface area contributed by atoms with Crippen molar-refractivity contribution in [3.8, 4) is 0 Å². The average molecular weight is 407 g/mol. The monoisotopic (exact) mass is 407 g/mol. The molecule has 0 aromatic heterocycles. The summed E-state index contributed by atoms with van der Waals surface area (Å²) in [5.74, 6) is -0.859. The number of carbonyl (C=O) groups is 2. The predicted octanol–water partition coefficient (Wildman–Crippen LogP) is 3.64. The lowest BCUT2D eigenvalue weighted by Crippen LogP contribution is -2.15. The van der Waals surface area contributed by atoms with Crippen molar-refractivity contribution >= 4 is 40.0 Å². The predicted molar refractivity (Wildman–Crippen MR) is 93.7 cm³/mol. The second-order valence-corrected chi connectivity index (χ2v) is 5.66. The number of benzene rings is 2. The first kappa shape index (κ1) is 16.2. The third kappa shape index (κ3) is 4.42. The lowest BCUT2D eigenvalue weighted by atomic mass is 10.1. The molecule has 112 valence electrons. The molecule has 0 unspecified atom stereocenters. The SMILES string of the molecule is COC(=O)/C(=C/C(=O)c1ccccc1)Nc1ccc(I)cc1. The molecule has 2 aromatic carbocycles. The van der Waals surface area contributed by atoms with Gasteiger partial charge in [-0.15, -0.1) is 0 Å². The lowest BCUT2D eigenvalue weighted by molar-refractivity contribution is -0.135. The van der Waals surface area contributed by atoms with Gasteiger partial charge in [-0.1, -0.05) is 30.3 Å². The summed E-state index contributed by atoms with van der Waals surface area (Å²) in [6, 6.07) is 16.2. The van der Waals surface area contributed by atoms with E-state index in [-0.39, 0.29) is 11.5 Å². The average Bonchev–Trinajstić information content (AvgIpc) is 2.56. The standard InChI is InChI=1S/C17H14INO3/c1-22-17(21)15(19-14-9-7-13(18)8-10-14)11-16(20)12-5-3-2-4-6-12/h2-11,19H,1H3/b15-11-. The molecule has 0 bridgehead atoms. The van der Waals surface area contributed by atoms with Crippen molar-refractivity contribution in [1.29, 1.82) is 0 Å². The highest BCUT2D eigenvalue weighted by molar-refractivity contribution is 14.1. The van der Waals surface area contributed by atoms with Gasteiger partial charge >= 0.3 is 5.97 Å². The van der Waals surface area contributed by atoms with Crippen LogP contribution in [0.3, 0.4) is 0 Å². The molecule has 1 N–H and O–H groups in total. The fourth-order valence-corrected chi connectivity index (χ4v) is 2.12. The van der Waals surface area contributed by atoms with Crippen LogP contribution >= 0.6 is 22.6 Å². The molecule has 22 heavy (non-hydrogen) atoms. The van der Waals surface area contributed by atoms with Crippen LogP contribution in [0.25, 0.3) is 0 Å². The van der Waals surface area contributed by atoms with Crippen LogP contribution in [0.1, 0.15) is 10.4 Å². The number of halogens is 1. The first-order valence-corrected chi connectivity index (χ1v) is 7.60. The number of rotatable bonds is 5. The van der Waals surface area contributed by atoms with E-state index in [1.165, 1.54) is 13.2 Å². The van der Waals surface area contributed by atoms with Gasteiger partial charge in [0.25, 0.3) is 0 Å². The molecule has 0 amide bonds. The molecule has 0 radical (unpaired) electrons. The molecule has 0 heterocycles. The Labute approximate surface area is 142 Å². The van der Waals surface area contributed by atoms with Gasteiger partial charge in [0, 0.05) is 20.9 Å². The molecule has 0 saturated carbocycles. The maximum absolute atomic E-state index is 12.2. The maximum Gasteiger partial charge on any atom is 0.354 e. The van der Waals surface area contributed by atoms with E-state index < -0.39 is 5.97 Å². The molecule has 2 aromatic rings. The van der Waals surface area contributed by atoms with Crippen LogP contribution in [0.2, 0.25) is 0 Å². The zero-order chi connectivity index (χ0) is 15.9. The van der Waals surface area contributed by atoms with Gasteiger partial charge in [0.1, 0.15) is 5.70 Å². The molecular weight excluding hydrogens is 393 g/mol. The Bertz CT molecular complexity index is 694. The normalized spacial score (nSPS) is 10.9. The van der Waals surface area contributed by atoms with Gasteiger partial charge in [-0.3, -0.25) is 4.79 Å². The van der Waals surface area contributed by atoms with E-state index in [1.54, 1.807) is 24.3 Å². The lowest BCUT2D eigenvalue weighted by Gasteiger charge is -2.09. The summed E-state index contributed by atoms with van der Waals surface area (Å²) >= 11 is 2.19. The number of ether oxygens (including phenoxy) is 1. The van der Waals surface area contributed by atoms with Crippen LogP contribution in [-0.2, 0) is 9.53 Å². The molecule has 4 nitrogen and oxygen atoms in total. The Morgan fingerprint density at radius 3 is 2.27 bits per heavy atom. The Hall–Kier alpha value is -2.15. The maximum atomic E-state index is 12.2. The third-order valence-corrected chi connectivity index (χ3v) is 3.58. The number of carbonyl (C=O) groups excluding carboxylic acids is 2. The number of ketones is 1. The van der Waals surface area contributed by atoms with Crippen LogP contribution in [0.4, 0.5) is 5.69 Å². The van der Waals surface area contributed by atoms with Crippen LogP contribution in [0.5, 0.6) is 0 Å². The smallest absolute Gasteiger partial charge is 0.354 e. The second kappa shape index (κ2) is 7.74. The Morgan fingerprint density at radius 2 is 1.68 bits per heavy atom. The van der Waals surface area contributed by atoms with E-state index >= 15 is 0 Å². The summed E-state index contributed by atoms with van der Waals surface area (Å²) < 4.78 is 5.80. The first-order valence-electron chi connectivity index (χ1n) is 6.52. The summed E-state index contributed by atoms with van der Waals surface area (Å²) in [5, 5.41) is 2.92. The summed E-state index contributed by atoms with van der Waals surface area (Å²) in [7, 11) is 1.28. The number of methoxy groups -OCH3 is 1. The minimum atomic E-state index is -0.595. The van der Waals surface area contributed by atoms with Crippen LogP contribution in [0, 0.1) is 3.57 Å². The molecular formula is C17H14INO3. The molecule has 0 atom stereocenters. The largest absolute Gasteiger partial charge is 0.464 e. The van der Waals surface area contributed by atoms with Gasteiger partial charge in [0.15, 0.2) is 5.78 Å². The minimum Gasteiger partial charge on any atom is -0.464 e. The summed E-state index contributed by atoms with van der Waals surface area (Å²) in [6.45, 7) is 0. The molecule has 5 heteroatoms. The van der Waals surface area contributed by atoms with Crippen molar-refractivity contribution in [1.82, 2.24) is 0 Å². The fraction of sp³-hybridized carbons (Fsp3) is 0.0588. The second-order valence-electron chi connectivity index (χ2n) is 4.41. The number of nitrogens with one attached hydrogen (secondary N) is 1. The Morgan fingerprint density at radius 1 is 1.05 bits per heavy atom. The van der Waals surface area contributed by atoms with E-state index in [1.807, 2.05) is 30.3 Å². The molecule has 0 fully saturated rings. The first-order chi connectivity index (χ1) is 10.6.